The van der Waals surface area contributed by atoms with E-state index in [1.54, 1.807) is 25.3 Å². The number of thiocarbonyl (C=S) groups is 1. The minimum absolute atomic E-state index is 0.260. The summed E-state index contributed by atoms with van der Waals surface area (Å²) in [5.74, 6) is 0.382. The highest BCUT2D eigenvalue weighted by Crippen LogP contribution is 2.25. The van der Waals surface area contributed by atoms with Crippen LogP contribution in [-0.4, -0.2) is 18.1 Å². The molecule has 4 nitrogen and oxygen atoms in total. The fourth-order valence-electron chi connectivity index (χ4n) is 2.05. The molecular formula is C17H16BrIN2O2S. The number of methoxy groups -OCH3 is 1. The zero-order valence-electron chi connectivity index (χ0n) is 13.4. The molecule has 1 amide bonds. The zero-order chi connectivity index (χ0) is 17.9. The maximum absolute atomic E-state index is 12.3. The molecule has 0 aromatic heterocycles. The standard InChI is InChI=1S/C17H16BrIN2O2S/c1-9-7-14(10(2)6-13(9)19)20-17(24)21-16(22)11-4-5-15(23-3)12(18)8-11/h4-8H,1-3H3,(H2,20,21,22,24). The number of carbonyl (C=O) groups excluding carboxylic acids is 1. The van der Waals surface area contributed by atoms with E-state index in [9.17, 15) is 4.79 Å². The molecule has 2 N–H and O–H groups in total. The van der Waals surface area contributed by atoms with Crippen molar-refractivity contribution in [2.24, 2.45) is 0 Å². The van der Waals surface area contributed by atoms with Crippen LogP contribution < -0.4 is 15.4 Å². The van der Waals surface area contributed by atoms with Gasteiger partial charge in [-0.2, -0.15) is 0 Å². The van der Waals surface area contributed by atoms with Crippen molar-refractivity contribution in [3.05, 3.63) is 55.1 Å². The third kappa shape index (κ3) is 4.67. The number of ether oxygens (including phenoxy) is 1. The molecule has 0 spiro atoms. The number of anilines is 1. The second-order valence-corrected chi connectivity index (χ2v) is 7.60. The van der Waals surface area contributed by atoms with Gasteiger partial charge in [-0.1, -0.05) is 0 Å². The van der Waals surface area contributed by atoms with Gasteiger partial charge in [0, 0.05) is 14.8 Å². The maximum Gasteiger partial charge on any atom is 0.257 e. The number of amides is 1. The van der Waals surface area contributed by atoms with Gasteiger partial charge < -0.3 is 10.1 Å². The molecule has 0 aliphatic heterocycles. The first kappa shape index (κ1) is 19.1. The van der Waals surface area contributed by atoms with E-state index in [-0.39, 0.29) is 11.0 Å². The van der Waals surface area contributed by atoms with Crippen LogP contribution in [0.5, 0.6) is 5.75 Å². The lowest BCUT2D eigenvalue weighted by Gasteiger charge is -2.14. The third-order valence-corrected chi connectivity index (χ3v) is 5.38. The van der Waals surface area contributed by atoms with Gasteiger partial charge in [0.25, 0.3) is 5.91 Å². The minimum atomic E-state index is -0.282. The van der Waals surface area contributed by atoms with Gasteiger partial charge in [0.1, 0.15) is 5.75 Å². The van der Waals surface area contributed by atoms with E-state index in [4.69, 9.17) is 17.0 Å². The summed E-state index contributed by atoms with van der Waals surface area (Å²) in [7, 11) is 1.57. The number of hydrogen-bond donors (Lipinski definition) is 2. The van der Waals surface area contributed by atoms with Crippen molar-refractivity contribution >= 4 is 67.4 Å². The quantitative estimate of drug-likeness (QED) is 0.452. The van der Waals surface area contributed by atoms with E-state index in [1.807, 2.05) is 19.9 Å². The molecule has 126 valence electrons. The molecule has 24 heavy (non-hydrogen) atoms. The van der Waals surface area contributed by atoms with Crippen LogP contribution in [0.25, 0.3) is 0 Å². The number of rotatable bonds is 3. The van der Waals surface area contributed by atoms with Gasteiger partial charge in [-0.3, -0.25) is 10.1 Å². The third-order valence-electron chi connectivity index (χ3n) is 3.39. The summed E-state index contributed by atoms with van der Waals surface area (Å²) in [5.41, 5.74) is 3.59. The molecule has 0 atom stereocenters. The van der Waals surface area contributed by atoms with Gasteiger partial charge in [0.05, 0.1) is 11.6 Å². The molecule has 7 heteroatoms. The first-order chi connectivity index (χ1) is 11.3. The van der Waals surface area contributed by atoms with Gasteiger partial charge in [-0.05, 0) is 106 Å². The molecule has 0 saturated carbocycles. The average Bonchev–Trinajstić information content (AvgIpc) is 2.52. The fourth-order valence-corrected chi connectivity index (χ4v) is 3.42. The SMILES string of the molecule is COc1ccc(C(=O)NC(=S)Nc2cc(C)c(I)cc2C)cc1Br. The molecule has 2 rings (SSSR count). The number of benzene rings is 2. The Morgan fingerprint density at radius 3 is 2.54 bits per heavy atom. The van der Waals surface area contributed by atoms with Crippen LogP contribution in [0.1, 0.15) is 21.5 Å². The Balaban J connectivity index is 2.08. The second-order valence-electron chi connectivity index (χ2n) is 5.17. The van der Waals surface area contributed by atoms with Crippen LogP contribution >= 0.6 is 50.7 Å². The second kappa shape index (κ2) is 8.26. The number of carbonyl (C=O) groups is 1. The van der Waals surface area contributed by atoms with Crippen LogP contribution in [0.2, 0.25) is 0 Å². The molecule has 0 unspecified atom stereocenters. The van der Waals surface area contributed by atoms with E-state index in [2.05, 4.69) is 55.2 Å². The largest absolute Gasteiger partial charge is 0.496 e. The summed E-state index contributed by atoms with van der Waals surface area (Å²) in [5, 5.41) is 6.02. The summed E-state index contributed by atoms with van der Waals surface area (Å²) in [6.07, 6.45) is 0. The van der Waals surface area contributed by atoms with Gasteiger partial charge in [0.2, 0.25) is 0 Å². The summed E-state index contributed by atoms with van der Waals surface area (Å²) in [4.78, 5) is 12.3. The summed E-state index contributed by atoms with van der Waals surface area (Å²) in [6, 6.07) is 9.18. The first-order valence-electron chi connectivity index (χ1n) is 7.04. The lowest BCUT2D eigenvalue weighted by atomic mass is 10.1. The van der Waals surface area contributed by atoms with E-state index < -0.39 is 0 Å². The normalized spacial score (nSPS) is 10.2. The fraction of sp³-hybridized carbons (Fsp3) is 0.176. The predicted molar refractivity (Wildman–Crippen MR) is 113 cm³/mol. The van der Waals surface area contributed by atoms with Crippen molar-refractivity contribution in [3.63, 3.8) is 0 Å². The van der Waals surface area contributed by atoms with E-state index in [1.165, 1.54) is 3.57 Å². The minimum Gasteiger partial charge on any atom is -0.496 e. The van der Waals surface area contributed by atoms with Crippen LogP contribution in [0.15, 0.2) is 34.8 Å². The predicted octanol–water partition coefficient (Wildman–Crippen LogP) is 4.81. The van der Waals surface area contributed by atoms with Crippen molar-refractivity contribution in [1.82, 2.24) is 5.32 Å². The highest BCUT2D eigenvalue weighted by Gasteiger charge is 2.11. The molecular weight excluding hydrogens is 503 g/mol. The lowest BCUT2D eigenvalue weighted by Crippen LogP contribution is -2.34. The average molecular weight is 519 g/mol. The Morgan fingerprint density at radius 1 is 1.21 bits per heavy atom. The molecule has 0 heterocycles. The molecule has 0 fully saturated rings. The monoisotopic (exact) mass is 518 g/mol. The number of nitrogens with one attached hydrogen (secondary N) is 2. The summed E-state index contributed by atoms with van der Waals surface area (Å²) in [6.45, 7) is 4.03. The Kier molecular flexibility index (Phi) is 6.59. The Labute approximate surface area is 168 Å². The van der Waals surface area contributed by atoms with Crippen molar-refractivity contribution in [2.45, 2.75) is 13.8 Å². The van der Waals surface area contributed by atoms with Crippen LogP contribution in [0, 0.1) is 17.4 Å². The molecule has 0 saturated heterocycles. The zero-order valence-corrected chi connectivity index (χ0v) is 17.9. The van der Waals surface area contributed by atoms with Gasteiger partial charge in [-0.25, -0.2) is 0 Å². The van der Waals surface area contributed by atoms with Gasteiger partial charge in [0.15, 0.2) is 5.11 Å². The number of hydrogen-bond acceptors (Lipinski definition) is 3. The Hall–Kier alpha value is -1.19. The molecule has 0 bridgehead atoms. The highest BCUT2D eigenvalue weighted by atomic mass is 127. The van der Waals surface area contributed by atoms with Gasteiger partial charge in [-0.15, -0.1) is 0 Å². The molecule has 0 aliphatic rings. The van der Waals surface area contributed by atoms with Gasteiger partial charge >= 0.3 is 0 Å². The van der Waals surface area contributed by atoms with Crippen LogP contribution in [0.4, 0.5) is 5.69 Å². The number of aryl methyl sites for hydroxylation is 2. The van der Waals surface area contributed by atoms with Crippen molar-refractivity contribution in [1.29, 1.82) is 0 Å². The lowest BCUT2D eigenvalue weighted by molar-refractivity contribution is 0.0977. The van der Waals surface area contributed by atoms with Crippen molar-refractivity contribution < 1.29 is 9.53 Å². The first-order valence-corrected chi connectivity index (χ1v) is 9.32. The Bertz CT molecular complexity index is 811. The smallest absolute Gasteiger partial charge is 0.257 e. The van der Waals surface area contributed by atoms with Crippen molar-refractivity contribution in [3.8, 4) is 5.75 Å². The highest BCUT2D eigenvalue weighted by molar-refractivity contribution is 14.1. The van der Waals surface area contributed by atoms with Crippen LogP contribution in [-0.2, 0) is 0 Å². The van der Waals surface area contributed by atoms with E-state index in [0.717, 1.165) is 16.8 Å². The summed E-state index contributed by atoms with van der Waals surface area (Å²) >= 11 is 10.9. The van der Waals surface area contributed by atoms with E-state index in [0.29, 0.717) is 15.8 Å². The Morgan fingerprint density at radius 2 is 1.92 bits per heavy atom. The molecule has 2 aromatic carbocycles. The molecule has 0 radical (unpaired) electrons. The van der Waals surface area contributed by atoms with Crippen LogP contribution in [0.3, 0.4) is 0 Å². The topological polar surface area (TPSA) is 50.4 Å². The summed E-state index contributed by atoms with van der Waals surface area (Å²) < 4.78 is 7.05. The molecule has 0 aliphatic carbocycles. The van der Waals surface area contributed by atoms with E-state index >= 15 is 0 Å². The maximum atomic E-state index is 12.3. The number of halogens is 2. The molecule has 2 aromatic rings. The van der Waals surface area contributed by atoms with Crippen molar-refractivity contribution in [2.75, 3.05) is 12.4 Å².